The molecule has 0 bridgehead atoms. The Labute approximate surface area is 152 Å². The molecule has 26 heavy (non-hydrogen) atoms. The second kappa shape index (κ2) is 8.80. The van der Waals surface area contributed by atoms with Crippen LogP contribution in [0.2, 0.25) is 0 Å². The Bertz CT molecular complexity index is 776. The molecule has 0 saturated heterocycles. The predicted molar refractivity (Wildman–Crippen MR) is 103 cm³/mol. The molecular weight excluding hydrogens is 332 g/mol. The zero-order valence-corrected chi connectivity index (χ0v) is 15.2. The largest absolute Gasteiger partial charge is 0.369 e. The van der Waals surface area contributed by atoms with Crippen molar-refractivity contribution in [2.75, 3.05) is 29.1 Å². The Morgan fingerprint density at radius 3 is 2.50 bits per heavy atom. The Balaban J connectivity index is 2.16. The molecule has 0 spiro atoms. The number of carbonyl (C=O) groups excluding carboxylic acids is 2. The first kappa shape index (κ1) is 19.2. The molecule has 0 radical (unpaired) electrons. The van der Waals surface area contributed by atoms with E-state index in [4.69, 9.17) is 5.73 Å². The van der Waals surface area contributed by atoms with Crippen molar-refractivity contribution >= 4 is 35.0 Å². The summed E-state index contributed by atoms with van der Waals surface area (Å²) in [6.07, 6.45) is 3.39. The average Bonchev–Trinajstić information content (AvgIpc) is 2.62. The lowest BCUT2D eigenvalue weighted by Crippen LogP contribution is -2.22. The molecule has 0 fully saturated rings. The van der Waals surface area contributed by atoms with Crippen LogP contribution >= 0.6 is 0 Å². The van der Waals surface area contributed by atoms with Gasteiger partial charge >= 0.3 is 0 Å². The Hall–Kier alpha value is -3.16. The molecule has 0 aliphatic rings. The zero-order valence-electron chi connectivity index (χ0n) is 15.2. The van der Waals surface area contributed by atoms with Crippen molar-refractivity contribution in [1.82, 2.24) is 9.97 Å². The third kappa shape index (κ3) is 4.92. The maximum atomic E-state index is 11.5. The fourth-order valence-electron chi connectivity index (χ4n) is 2.22. The SMILES string of the molecule is CCCCNc1nc(Nc2ccc(N(C)C(C)=O)cc2)ncc1C(N)=O. The van der Waals surface area contributed by atoms with E-state index in [1.807, 2.05) is 24.3 Å². The molecule has 2 amide bonds. The molecule has 0 saturated carbocycles. The molecule has 8 heteroatoms. The van der Waals surface area contributed by atoms with E-state index in [9.17, 15) is 9.59 Å². The van der Waals surface area contributed by atoms with Crippen LogP contribution in [0.3, 0.4) is 0 Å². The highest BCUT2D eigenvalue weighted by Crippen LogP contribution is 2.21. The highest BCUT2D eigenvalue weighted by molar-refractivity contribution is 5.97. The number of unbranched alkanes of at least 4 members (excludes halogenated alkanes) is 1. The van der Waals surface area contributed by atoms with E-state index in [1.54, 1.807) is 11.9 Å². The number of amides is 2. The highest BCUT2D eigenvalue weighted by atomic mass is 16.2. The van der Waals surface area contributed by atoms with Crippen molar-refractivity contribution in [3.8, 4) is 0 Å². The average molecular weight is 356 g/mol. The normalized spacial score (nSPS) is 10.3. The standard InChI is InChI=1S/C18H24N6O2/c1-4-5-10-20-17-15(16(19)26)11-21-18(23-17)22-13-6-8-14(9-7-13)24(3)12(2)25/h6-9,11H,4-5,10H2,1-3H3,(H2,19,26)(H2,20,21,22,23). The number of anilines is 4. The van der Waals surface area contributed by atoms with E-state index in [2.05, 4.69) is 27.5 Å². The van der Waals surface area contributed by atoms with Crippen LogP contribution in [0.15, 0.2) is 30.5 Å². The van der Waals surface area contributed by atoms with Gasteiger partial charge in [-0.25, -0.2) is 4.98 Å². The summed E-state index contributed by atoms with van der Waals surface area (Å²) in [5.41, 5.74) is 7.18. The van der Waals surface area contributed by atoms with Gasteiger partial charge in [0.05, 0.1) is 5.56 Å². The van der Waals surface area contributed by atoms with Crippen molar-refractivity contribution in [3.63, 3.8) is 0 Å². The minimum Gasteiger partial charge on any atom is -0.369 e. The Morgan fingerprint density at radius 1 is 1.23 bits per heavy atom. The van der Waals surface area contributed by atoms with Crippen LogP contribution in [0.1, 0.15) is 37.0 Å². The third-order valence-electron chi connectivity index (χ3n) is 3.86. The van der Waals surface area contributed by atoms with Crippen molar-refractivity contribution in [2.24, 2.45) is 5.73 Å². The van der Waals surface area contributed by atoms with Gasteiger partial charge < -0.3 is 21.3 Å². The van der Waals surface area contributed by atoms with E-state index >= 15 is 0 Å². The van der Waals surface area contributed by atoms with Gasteiger partial charge in [-0.05, 0) is 30.7 Å². The van der Waals surface area contributed by atoms with Crippen molar-refractivity contribution < 1.29 is 9.59 Å². The molecule has 2 aromatic rings. The zero-order chi connectivity index (χ0) is 19.1. The highest BCUT2D eigenvalue weighted by Gasteiger charge is 2.12. The number of hydrogen-bond donors (Lipinski definition) is 3. The fraction of sp³-hybridized carbons (Fsp3) is 0.333. The van der Waals surface area contributed by atoms with Crippen LogP contribution in [0, 0.1) is 0 Å². The number of nitrogens with two attached hydrogens (primary N) is 1. The summed E-state index contributed by atoms with van der Waals surface area (Å²) in [4.78, 5) is 33.0. The van der Waals surface area contributed by atoms with Crippen molar-refractivity contribution in [1.29, 1.82) is 0 Å². The lowest BCUT2D eigenvalue weighted by molar-refractivity contribution is -0.116. The first-order valence-corrected chi connectivity index (χ1v) is 8.44. The van der Waals surface area contributed by atoms with E-state index < -0.39 is 5.91 Å². The van der Waals surface area contributed by atoms with Gasteiger partial charge in [0.1, 0.15) is 5.82 Å². The third-order valence-corrected chi connectivity index (χ3v) is 3.86. The molecule has 2 rings (SSSR count). The van der Waals surface area contributed by atoms with Gasteiger partial charge in [0.15, 0.2) is 0 Å². The molecule has 0 unspecified atom stereocenters. The summed E-state index contributed by atoms with van der Waals surface area (Å²) in [5.74, 6) is 0.143. The van der Waals surface area contributed by atoms with E-state index in [1.165, 1.54) is 13.1 Å². The first-order valence-electron chi connectivity index (χ1n) is 8.44. The van der Waals surface area contributed by atoms with Crippen LogP contribution in [0.4, 0.5) is 23.1 Å². The van der Waals surface area contributed by atoms with Gasteiger partial charge in [-0.3, -0.25) is 9.59 Å². The summed E-state index contributed by atoms with van der Waals surface area (Å²) in [6, 6.07) is 7.29. The van der Waals surface area contributed by atoms with Gasteiger partial charge in [-0.15, -0.1) is 0 Å². The number of primary amides is 1. The number of aromatic nitrogens is 2. The van der Waals surface area contributed by atoms with Gasteiger partial charge in [0.2, 0.25) is 11.9 Å². The lowest BCUT2D eigenvalue weighted by Gasteiger charge is -2.15. The second-order valence-corrected chi connectivity index (χ2v) is 5.85. The van der Waals surface area contributed by atoms with Crippen LogP contribution in [0.25, 0.3) is 0 Å². The number of rotatable bonds is 8. The molecule has 1 heterocycles. The maximum absolute atomic E-state index is 11.5. The van der Waals surface area contributed by atoms with Gasteiger partial charge in [0.25, 0.3) is 5.91 Å². The minimum absolute atomic E-state index is 0.0427. The summed E-state index contributed by atoms with van der Waals surface area (Å²) in [6.45, 7) is 4.28. The number of benzene rings is 1. The summed E-state index contributed by atoms with van der Waals surface area (Å²) in [7, 11) is 1.71. The summed E-state index contributed by atoms with van der Waals surface area (Å²) in [5, 5.41) is 6.20. The molecule has 1 aromatic carbocycles. The topological polar surface area (TPSA) is 113 Å². The van der Waals surface area contributed by atoms with Crippen molar-refractivity contribution in [3.05, 3.63) is 36.0 Å². The van der Waals surface area contributed by atoms with E-state index in [0.717, 1.165) is 24.2 Å². The number of carbonyl (C=O) groups is 2. The maximum Gasteiger partial charge on any atom is 0.254 e. The Morgan fingerprint density at radius 2 is 1.92 bits per heavy atom. The minimum atomic E-state index is -0.577. The van der Waals surface area contributed by atoms with Crippen LogP contribution < -0.4 is 21.3 Å². The molecule has 0 aliphatic carbocycles. The number of nitrogens with one attached hydrogen (secondary N) is 2. The molecule has 138 valence electrons. The predicted octanol–water partition coefficient (Wildman–Crippen LogP) is 2.51. The summed E-state index contributed by atoms with van der Waals surface area (Å²) >= 11 is 0. The van der Waals surface area contributed by atoms with E-state index in [0.29, 0.717) is 18.3 Å². The smallest absolute Gasteiger partial charge is 0.254 e. The lowest BCUT2D eigenvalue weighted by atomic mass is 10.2. The second-order valence-electron chi connectivity index (χ2n) is 5.85. The van der Waals surface area contributed by atoms with Gasteiger partial charge in [-0.1, -0.05) is 13.3 Å². The quantitative estimate of drug-likeness (QED) is 0.626. The van der Waals surface area contributed by atoms with Crippen LogP contribution in [0.5, 0.6) is 0 Å². The monoisotopic (exact) mass is 356 g/mol. The van der Waals surface area contributed by atoms with Gasteiger partial charge in [0, 0.05) is 38.1 Å². The molecule has 4 N–H and O–H groups in total. The molecule has 0 aliphatic heterocycles. The first-order chi connectivity index (χ1) is 12.4. The number of nitrogens with zero attached hydrogens (tertiary/aromatic N) is 3. The van der Waals surface area contributed by atoms with Gasteiger partial charge in [-0.2, -0.15) is 4.98 Å². The fourth-order valence-corrected chi connectivity index (χ4v) is 2.22. The molecule has 0 atom stereocenters. The van der Waals surface area contributed by atoms with Crippen molar-refractivity contribution in [2.45, 2.75) is 26.7 Å². The number of hydrogen-bond acceptors (Lipinski definition) is 6. The molecule has 1 aromatic heterocycles. The van der Waals surface area contributed by atoms with Crippen LogP contribution in [-0.4, -0.2) is 35.4 Å². The van der Waals surface area contributed by atoms with Crippen LogP contribution in [-0.2, 0) is 4.79 Å². The summed E-state index contributed by atoms with van der Waals surface area (Å²) < 4.78 is 0. The Kier molecular flexibility index (Phi) is 6.48. The molecule has 8 nitrogen and oxygen atoms in total. The molecular formula is C18H24N6O2. The van der Waals surface area contributed by atoms with E-state index in [-0.39, 0.29) is 11.5 Å².